The van der Waals surface area contributed by atoms with Crippen LogP contribution in [0.25, 0.3) is 6.08 Å². The molecule has 0 fully saturated rings. The van der Waals surface area contributed by atoms with Crippen molar-refractivity contribution < 1.29 is 14.7 Å². The second kappa shape index (κ2) is 5.49. The van der Waals surface area contributed by atoms with Gasteiger partial charge >= 0.3 is 5.97 Å². The van der Waals surface area contributed by atoms with Crippen molar-refractivity contribution >= 4 is 12.0 Å². The number of nitrogens with one attached hydrogen (secondary N) is 1. The second-order valence-corrected chi connectivity index (χ2v) is 2.63. The van der Waals surface area contributed by atoms with E-state index < -0.39 is 5.97 Å². The summed E-state index contributed by atoms with van der Waals surface area (Å²) in [5, 5.41) is 7.60. The van der Waals surface area contributed by atoms with Crippen molar-refractivity contribution in [2.24, 2.45) is 0 Å². The third-order valence-electron chi connectivity index (χ3n) is 1.59. The number of hydrogen-bond acceptors (Lipinski definition) is 3. The lowest BCUT2D eigenvalue weighted by Gasteiger charge is -2.11. The smallest absolute Gasteiger partial charge is 0.327 e. The molecule has 1 aromatic rings. The maximum atomic E-state index is 9.25. The maximum Gasteiger partial charge on any atom is 0.327 e. The van der Waals surface area contributed by atoms with Crippen LogP contribution < -0.4 is 10.3 Å². The average molecular weight is 205 g/mol. The Morgan fingerprint density at radius 1 is 1.47 bits per heavy atom. The van der Waals surface area contributed by atoms with Crippen LogP contribution in [0.15, 0.2) is 43.1 Å². The van der Waals surface area contributed by atoms with E-state index in [9.17, 15) is 4.79 Å². The number of carboxylic acid groups (broad SMARTS) is 1. The fourth-order valence-corrected chi connectivity index (χ4v) is 0.932. The Labute approximate surface area is 87.5 Å². The molecule has 78 valence electrons. The summed E-state index contributed by atoms with van der Waals surface area (Å²) in [7, 11) is 0. The van der Waals surface area contributed by atoms with Gasteiger partial charge in [-0.2, -0.15) is 0 Å². The predicted octanol–water partition coefficient (Wildman–Crippen LogP) is 1.81. The zero-order valence-electron chi connectivity index (χ0n) is 8.01. The molecule has 1 aliphatic rings. The molecule has 0 spiro atoms. The Hall–Kier alpha value is -2.23. The van der Waals surface area contributed by atoms with Gasteiger partial charge in [0.25, 0.3) is 0 Å². The van der Waals surface area contributed by atoms with Crippen molar-refractivity contribution in [2.45, 2.75) is 0 Å². The van der Waals surface area contributed by atoms with E-state index in [1.165, 1.54) is 0 Å². The van der Waals surface area contributed by atoms with Crippen molar-refractivity contribution in [3.63, 3.8) is 0 Å². The van der Waals surface area contributed by atoms with Gasteiger partial charge in [-0.05, 0) is 12.1 Å². The monoisotopic (exact) mass is 205 g/mol. The fourth-order valence-electron chi connectivity index (χ4n) is 0.932. The van der Waals surface area contributed by atoms with E-state index in [1.54, 1.807) is 6.20 Å². The van der Waals surface area contributed by atoms with Crippen LogP contribution in [0.1, 0.15) is 5.56 Å². The topological polar surface area (TPSA) is 58.6 Å². The highest BCUT2D eigenvalue weighted by Crippen LogP contribution is 2.20. The van der Waals surface area contributed by atoms with Crippen molar-refractivity contribution in [1.82, 2.24) is 5.48 Å². The molecule has 4 heteroatoms. The number of para-hydroxylation sites is 1. The van der Waals surface area contributed by atoms with Crippen molar-refractivity contribution in [2.75, 3.05) is 0 Å². The highest BCUT2D eigenvalue weighted by molar-refractivity contribution is 5.78. The molecule has 0 aliphatic carbocycles. The fraction of sp³-hybridized carbons (Fsp3) is 0. The number of rotatable bonds is 1. The molecule has 0 saturated carbocycles. The maximum absolute atomic E-state index is 9.25. The number of hydroxylamine groups is 1. The minimum Gasteiger partial charge on any atom is -0.478 e. The number of aliphatic carboxylic acids is 1. The molecule has 0 atom stereocenters. The lowest BCUT2D eigenvalue weighted by molar-refractivity contribution is -0.131. The average Bonchev–Trinajstić information content (AvgIpc) is 2.30. The van der Waals surface area contributed by atoms with Crippen molar-refractivity contribution in [3.05, 3.63) is 48.7 Å². The van der Waals surface area contributed by atoms with Gasteiger partial charge in [0.05, 0.1) is 0 Å². The molecule has 4 nitrogen and oxygen atoms in total. The third kappa shape index (κ3) is 3.56. The van der Waals surface area contributed by atoms with Crippen LogP contribution >= 0.6 is 0 Å². The summed E-state index contributed by atoms with van der Waals surface area (Å²) < 4.78 is 0. The Balaban J connectivity index is 0.000000195. The van der Waals surface area contributed by atoms with E-state index >= 15 is 0 Å². The predicted molar refractivity (Wildman–Crippen MR) is 57.1 cm³/mol. The van der Waals surface area contributed by atoms with Gasteiger partial charge in [0.2, 0.25) is 0 Å². The molecule has 0 aromatic heterocycles. The summed E-state index contributed by atoms with van der Waals surface area (Å²) in [5.74, 6) is -0.102. The summed E-state index contributed by atoms with van der Waals surface area (Å²) in [6.45, 7) is 2.96. The molecule has 1 aromatic carbocycles. The van der Waals surface area contributed by atoms with Gasteiger partial charge in [0.15, 0.2) is 5.75 Å². The molecule has 1 aliphatic heterocycles. The van der Waals surface area contributed by atoms with E-state index in [0.717, 1.165) is 17.4 Å². The van der Waals surface area contributed by atoms with Crippen LogP contribution in [-0.4, -0.2) is 11.1 Å². The molecule has 2 rings (SSSR count). The molecule has 2 N–H and O–H groups in total. The first-order valence-corrected chi connectivity index (χ1v) is 4.27. The van der Waals surface area contributed by atoms with Crippen LogP contribution in [0.5, 0.6) is 5.75 Å². The number of hydrogen-bond donors (Lipinski definition) is 2. The van der Waals surface area contributed by atoms with E-state index in [0.29, 0.717) is 0 Å². The summed E-state index contributed by atoms with van der Waals surface area (Å²) in [5.41, 5.74) is 3.77. The zero-order chi connectivity index (χ0) is 11.1. The van der Waals surface area contributed by atoms with E-state index in [1.807, 2.05) is 30.3 Å². The Kier molecular flexibility index (Phi) is 3.97. The van der Waals surface area contributed by atoms with Crippen molar-refractivity contribution in [3.8, 4) is 5.75 Å². The molecular formula is C11H11NO3. The Bertz CT molecular complexity index is 385. The van der Waals surface area contributed by atoms with Gasteiger partial charge in [-0.1, -0.05) is 24.8 Å². The summed E-state index contributed by atoms with van der Waals surface area (Å²) in [6, 6.07) is 7.86. The van der Waals surface area contributed by atoms with Gasteiger partial charge in [0.1, 0.15) is 0 Å². The van der Waals surface area contributed by atoms with Crippen LogP contribution in [-0.2, 0) is 4.79 Å². The van der Waals surface area contributed by atoms with Gasteiger partial charge in [0, 0.05) is 17.8 Å². The first-order valence-electron chi connectivity index (χ1n) is 4.27. The molecule has 15 heavy (non-hydrogen) atoms. The molecule has 0 saturated heterocycles. The summed E-state index contributed by atoms with van der Waals surface area (Å²) in [4.78, 5) is 14.3. The molecule has 0 unspecified atom stereocenters. The van der Waals surface area contributed by atoms with E-state index in [-0.39, 0.29) is 0 Å². The van der Waals surface area contributed by atoms with Crippen LogP contribution in [0.4, 0.5) is 0 Å². The second-order valence-electron chi connectivity index (χ2n) is 2.63. The molecule has 0 bridgehead atoms. The largest absolute Gasteiger partial charge is 0.478 e. The van der Waals surface area contributed by atoms with Gasteiger partial charge < -0.3 is 9.94 Å². The SMILES string of the molecule is C1=Cc2ccccc2ON1.C=CC(=O)O. The normalized spacial score (nSPS) is 10.9. The number of carboxylic acids is 1. The lowest BCUT2D eigenvalue weighted by atomic mass is 10.2. The Morgan fingerprint density at radius 2 is 2.13 bits per heavy atom. The van der Waals surface area contributed by atoms with E-state index in [4.69, 9.17) is 9.94 Å². The highest BCUT2D eigenvalue weighted by atomic mass is 16.6. The number of carbonyl (C=O) groups is 1. The minimum absolute atomic E-state index is 0.833. The number of fused-ring (bicyclic) bond motifs is 1. The first kappa shape index (κ1) is 10.8. The molecule has 0 amide bonds. The lowest BCUT2D eigenvalue weighted by Crippen LogP contribution is -2.13. The zero-order valence-corrected chi connectivity index (χ0v) is 8.01. The third-order valence-corrected chi connectivity index (χ3v) is 1.59. The van der Waals surface area contributed by atoms with Gasteiger partial charge in [-0.25, -0.2) is 10.3 Å². The van der Waals surface area contributed by atoms with Crippen LogP contribution in [0.2, 0.25) is 0 Å². The first-order chi connectivity index (χ1) is 7.24. The number of benzene rings is 1. The minimum atomic E-state index is -0.981. The molecule has 0 radical (unpaired) electrons. The molecular weight excluding hydrogens is 194 g/mol. The van der Waals surface area contributed by atoms with Gasteiger partial charge in [-0.3, -0.25) is 0 Å². The Morgan fingerprint density at radius 3 is 2.73 bits per heavy atom. The summed E-state index contributed by atoms with van der Waals surface area (Å²) in [6.07, 6.45) is 4.57. The van der Waals surface area contributed by atoms with Crippen LogP contribution in [0, 0.1) is 0 Å². The van der Waals surface area contributed by atoms with Gasteiger partial charge in [-0.15, -0.1) is 0 Å². The van der Waals surface area contributed by atoms with Crippen LogP contribution in [0.3, 0.4) is 0 Å². The standard InChI is InChI=1S/C8H7NO.C3H4O2/c1-2-4-8-7(3-1)5-6-9-10-8;1-2-3(4)5/h1-6,9H;2H,1H2,(H,4,5). The summed E-state index contributed by atoms with van der Waals surface area (Å²) >= 11 is 0. The highest BCUT2D eigenvalue weighted by Gasteiger charge is 2.01. The quantitative estimate of drug-likeness (QED) is 0.686. The molecule has 1 heterocycles. The van der Waals surface area contributed by atoms with E-state index in [2.05, 4.69) is 12.1 Å². The van der Waals surface area contributed by atoms with Crippen molar-refractivity contribution in [1.29, 1.82) is 0 Å².